The molecule has 0 aliphatic carbocycles. The zero-order chi connectivity index (χ0) is 12.4. The van der Waals surface area contributed by atoms with Gasteiger partial charge in [0.25, 0.3) is 0 Å². The van der Waals surface area contributed by atoms with Gasteiger partial charge in [0, 0.05) is 30.9 Å². The molecule has 0 spiro atoms. The van der Waals surface area contributed by atoms with E-state index in [9.17, 15) is 0 Å². The van der Waals surface area contributed by atoms with E-state index >= 15 is 0 Å². The average Bonchev–Trinajstić information content (AvgIpc) is 2.62. The highest BCUT2D eigenvalue weighted by molar-refractivity contribution is 6.33. The Labute approximate surface area is 109 Å². The lowest BCUT2D eigenvalue weighted by atomic mass is 10.2. The van der Waals surface area contributed by atoms with E-state index < -0.39 is 0 Å². The molecule has 2 heterocycles. The number of nitrogens with zero attached hydrogens (tertiary/aromatic N) is 4. The van der Waals surface area contributed by atoms with Gasteiger partial charge in [-0.05, 0) is 6.92 Å². The molecule has 0 unspecified atom stereocenters. The van der Waals surface area contributed by atoms with Crippen molar-refractivity contribution in [2.45, 2.75) is 13.5 Å². The van der Waals surface area contributed by atoms with Gasteiger partial charge in [0.15, 0.2) is 10.3 Å². The third kappa shape index (κ3) is 2.68. The zero-order valence-corrected chi connectivity index (χ0v) is 10.9. The number of aryl methyl sites for hydroxylation is 1. The van der Waals surface area contributed by atoms with Crippen molar-refractivity contribution in [1.29, 1.82) is 0 Å². The number of nitrogens with one attached hydrogen (secondary N) is 1. The highest BCUT2D eigenvalue weighted by Gasteiger charge is 2.06. The summed E-state index contributed by atoms with van der Waals surface area (Å²) in [4.78, 5) is 0. The van der Waals surface area contributed by atoms with Crippen LogP contribution in [0.4, 0.5) is 5.69 Å². The first kappa shape index (κ1) is 12.1. The van der Waals surface area contributed by atoms with Crippen molar-refractivity contribution in [1.82, 2.24) is 20.0 Å². The SMILES string of the molecule is Cc1c(CNc2cc(Cl)nnc2Cl)cnn1C. The van der Waals surface area contributed by atoms with E-state index in [1.165, 1.54) is 0 Å². The normalized spacial score (nSPS) is 10.6. The molecule has 0 aromatic carbocycles. The Morgan fingerprint density at radius 2 is 2.12 bits per heavy atom. The Bertz CT molecular complexity index is 537. The fraction of sp³-hybridized carbons (Fsp3) is 0.300. The first-order chi connectivity index (χ1) is 8.08. The average molecular weight is 272 g/mol. The Balaban J connectivity index is 2.12. The summed E-state index contributed by atoms with van der Waals surface area (Å²) in [6, 6.07) is 1.64. The minimum atomic E-state index is 0.302. The molecule has 0 fully saturated rings. The maximum absolute atomic E-state index is 5.89. The molecule has 17 heavy (non-hydrogen) atoms. The predicted octanol–water partition coefficient (Wildman–Crippen LogP) is 2.44. The fourth-order valence-corrected chi connectivity index (χ4v) is 1.69. The lowest BCUT2D eigenvalue weighted by molar-refractivity contribution is 0.738. The minimum absolute atomic E-state index is 0.302. The minimum Gasteiger partial charge on any atom is -0.378 e. The molecular formula is C10H11Cl2N5. The van der Waals surface area contributed by atoms with E-state index in [0.717, 1.165) is 11.3 Å². The van der Waals surface area contributed by atoms with Crippen LogP contribution in [0, 0.1) is 6.92 Å². The van der Waals surface area contributed by atoms with Crippen LogP contribution in [0.3, 0.4) is 0 Å². The number of hydrogen-bond donors (Lipinski definition) is 1. The van der Waals surface area contributed by atoms with Crippen LogP contribution >= 0.6 is 23.2 Å². The largest absolute Gasteiger partial charge is 0.378 e. The van der Waals surface area contributed by atoms with Gasteiger partial charge in [0.1, 0.15) is 0 Å². The molecule has 0 aliphatic heterocycles. The maximum atomic E-state index is 5.89. The molecule has 0 bridgehead atoms. The van der Waals surface area contributed by atoms with Gasteiger partial charge in [0.2, 0.25) is 0 Å². The molecular weight excluding hydrogens is 261 g/mol. The third-order valence-corrected chi connectivity index (χ3v) is 2.99. The summed E-state index contributed by atoms with van der Waals surface area (Å²) in [6.45, 7) is 2.62. The van der Waals surface area contributed by atoms with Crippen LogP contribution in [0.5, 0.6) is 0 Å². The first-order valence-corrected chi connectivity index (χ1v) is 5.73. The molecule has 0 aliphatic rings. The van der Waals surface area contributed by atoms with Crippen molar-refractivity contribution in [2.75, 3.05) is 5.32 Å². The summed E-state index contributed by atoms with van der Waals surface area (Å²) in [5.74, 6) is 0. The predicted molar refractivity (Wildman–Crippen MR) is 67.3 cm³/mol. The van der Waals surface area contributed by atoms with Crippen molar-refractivity contribution in [3.05, 3.63) is 33.8 Å². The Morgan fingerprint density at radius 3 is 2.76 bits per heavy atom. The van der Waals surface area contributed by atoms with E-state index in [1.807, 2.05) is 24.9 Å². The molecule has 1 N–H and O–H groups in total. The molecule has 2 aromatic heterocycles. The second-order valence-electron chi connectivity index (χ2n) is 3.60. The van der Waals surface area contributed by atoms with Crippen LogP contribution in [-0.4, -0.2) is 20.0 Å². The molecule has 90 valence electrons. The van der Waals surface area contributed by atoms with Crippen molar-refractivity contribution in [3.8, 4) is 0 Å². The lowest BCUT2D eigenvalue weighted by Gasteiger charge is -2.07. The van der Waals surface area contributed by atoms with Crippen molar-refractivity contribution in [2.24, 2.45) is 7.05 Å². The molecule has 5 nitrogen and oxygen atoms in total. The van der Waals surface area contributed by atoms with Crippen LogP contribution < -0.4 is 5.32 Å². The van der Waals surface area contributed by atoms with Gasteiger partial charge in [0.05, 0.1) is 11.9 Å². The second-order valence-corrected chi connectivity index (χ2v) is 4.35. The van der Waals surface area contributed by atoms with Crippen molar-refractivity contribution < 1.29 is 0 Å². The van der Waals surface area contributed by atoms with Gasteiger partial charge in [-0.2, -0.15) is 5.10 Å². The first-order valence-electron chi connectivity index (χ1n) is 4.98. The molecule has 2 rings (SSSR count). The van der Waals surface area contributed by atoms with Gasteiger partial charge in [-0.15, -0.1) is 10.2 Å². The molecule has 7 heteroatoms. The second kappa shape index (κ2) is 4.89. The Morgan fingerprint density at radius 1 is 1.35 bits per heavy atom. The third-order valence-electron chi connectivity index (χ3n) is 2.53. The Kier molecular flexibility index (Phi) is 3.49. The van der Waals surface area contributed by atoms with E-state index in [0.29, 0.717) is 22.5 Å². The van der Waals surface area contributed by atoms with Gasteiger partial charge >= 0.3 is 0 Å². The van der Waals surface area contributed by atoms with E-state index in [1.54, 1.807) is 6.07 Å². The molecule has 0 saturated heterocycles. The number of rotatable bonds is 3. The van der Waals surface area contributed by atoms with Crippen molar-refractivity contribution >= 4 is 28.9 Å². The summed E-state index contributed by atoms with van der Waals surface area (Å²) < 4.78 is 1.82. The van der Waals surface area contributed by atoms with E-state index in [-0.39, 0.29) is 0 Å². The van der Waals surface area contributed by atoms with Crippen molar-refractivity contribution in [3.63, 3.8) is 0 Å². The summed E-state index contributed by atoms with van der Waals surface area (Å²) in [5, 5.41) is 15.3. The smallest absolute Gasteiger partial charge is 0.174 e. The number of hydrogen-bond acceptors (Lipinski definition) is 4. The topological polar surface area (TPSA) is 55.6 Å². The van der Waals surface area contributed by atoms with Crippen LogP contribution in [0.1, 0.15) is 11.3 Å². The van der Waals surface area contributed by atoms with Crippen LogP contribution in [0.15, 0.2) is 12.3 Å². The summed E-state index contributed by atoms with van der Waals surface area (Å²) in [7, 11) is 1.90. The lowest BCUT2D eigenvalue weighted by Crippen LogP contribution is -2.03. The number of aromatic nitrogens is 4. The van der Waals surface area contributed by atoms with Gasteiger partial charge < -0.3 is 5.32 Å². The molecule has 0 radical (unpaired) electrons. The molecule has 0 amide bonds. The number of halogens is 2. The summed E-state index contributed by atoms with van der Waals surface area (Å²) >= 11 is 11.6. The quantitative estimate of drug-likeness (QED) is 0.932. The van der Waals surface area contributed by atoms with E-state index in [2.05, 4.69) is 20.6 Å². The van der Waals surface area contributed by atoms with Crippen LogP contribution in [-0.2, 0) is 13.6 Å². The zero-order valence-electron chi connectivity index (χ0n) is 9.41. The monoisotopic (exact) mass is 271 g/mol. The maximum Gasteiger partial charge on any atom is 0.174 e. The highest BCUT2D eigenvalue weighted by atomic mass is 35.5. The Hall–Kier alpha value is -1.33. The fourth-order valence-electron chi connectivity index (χ4n) is 1.39. The highest BCUT2D eigenvalue weighted by Crippen LogP contribution is 2.21. The van der Waals surface area contributed by atoms with Crippen LogP contribution in [0.2, 0.25) is 10.3 Å². The van der Waals surface area contributed by atoms with Gasteiger partial charge in [-0.25, -0.2) is 0 Å². The van der Waals surface area contributed by atoms with E-state index in [4.69, 9.17) is 23.2 Å². The molecule has 0 atom stereocenters. The number of anilines is 1. The molecule has 2 aromatic rings. The standard InChI is InChI=1S/C10H11Cl2N5/c1-6-7(5-14-17(6)2)4-13-8-3-9(11)15-16-10(8)12/h3,5H,4H2,1-2H3,(H,13,15). The molecule has 0 saturated carbocycles. The van der Waals surface area contributed by atoms with Gasteiger partial charge in [-0.3, -0.25) is 4.68 Å². The summed E-state index contributed by atoms with van der Waals surface area (Å²) in [6.07, 6.45) is 1.81. The van der Waals surface area contributed by atoms with Crippen LogP contribution in [0.25, 0.3) is 0 Å². The van der Waals surface area contributed by atoms with Gasteiger partial charge in [-0.1, -0.05) is 23.2 Å². The summed E-state index contributed by atoms with van der Waals surface area (Å²) in [5.41, 5.74) is 2.85.